The van der Waals surface area contributed by atoms with Gasteiger partial charge in [-0.1, -0.05) is 13.8 Å². The van der Waals surface area contributed by atoms with E-state index in [0.29, 0.717) is 28.0 Å². The molecule has 0 fully saturated rings. The highest BCUT2D eigenvalue weighted by Gasteiger charge is 2.19. The summed E-state index contributed by atoms with van der Waals surface area (Å²) in [5, 5.41) is 12.0. The Bertz CT molecular complexity index is 466. The SMILES string of the molecule is COc1cc(C(=O)NC(CCO)C(C)C)cc(OC)c1Br. The maximum absolute atomic E-state index is 12.4. The van der Waals surface area contributed by atoms with Gasteiger partial charge in [0.25, 0.3) is 5.91 Å². The molecule has 0 radical (unpaired) electrons. The second-order valence-corrected chi connectivity index (χ2v) is 5.82. The first-order valence-electron chi connectivity index (χ1n) is 6.77. The van der Waals surface area contributed by atoms with Gasteiger partial charge in [-0.15, -0.1) is 0 Å². The fourth-order valence-corrected chi connectivity index (χ4v) is 2.52. The van der Waals surface area contributed by atoms with Crippen LogP contribution in [0.15, 0.2) is 16.6 Å². The largest absolute Gasteiger partial charge is 0.495 e. The lowest BCUT2D eigenvalue weighted by atomic mass is 10.0. The van der Waals surface area contributed by atoms with Crippen molar-refractivity contribution in [2.24, 2.45) is 5.92 Å². The fraction of sp³-hybridized carbons (Fsp3) is 0.533. The van der Waals surface area contributed by atoms with E-state index in [4.69, 9.17) is 14.6 Å². The number of halogens is 1. The second kappa shape index (κ2) is 8.24. The number of methoxy groups -OCH3 is 2. The molecule has 0 aromatic heterocycles. The smallest absolute Gasteiger partial charge is 0.251 e. The number of carbonyl (C=O) groups excluding carboxylic acids is 1. The molecule has 5 nitrogen and oxygen atoms in total. The van der Waals surface area contributed by atoms with Crippen LogP contribution in [0.25, 0.3) is 0 Å². The van der Waals surface area contributed by atoms with E-state index in [-0.39, 0.29) is 24.5 Å². The van der Waals surface area contributed by atoms with Crippen molar-refractivity contribution in [3.8, 4) is 11.5 Å². The first-order valence-corrected chi connectivity index (χ1v) is 7.57. The zero-order valence-corrected chi connectivity index (χ0v) is 14.4. The van der Waals surface area contributed by atoms with Crippen LogP contribution in [0.2, 0.25) is 0 Å². The quantitative estimate of drug-likeness (QED) is 0.785. The lowest BCUT2D eigenvalue weighted by molar-refractivity contribution is 0.0916. The first kappa shape index (κ1) is 17.8. The first-order chi connectivity index (χ1) is 9.94. The van der Waals surface area contributed by atoms with Crippen LogP contribution in [0, 0.1) is 5.92 Å². The van der Waals surface area contributed by atoms with Crippen LogP contribution in [0.4, 0.5) is 0 Å². The zero-order valence-electron chi connectivity index (χ0n) is 12.8. The molecule has 0 aliphatic rings. The molecule has 1 aromatic carbocycles. The fourth-order valence-electron chi connectivity index (χ4n) is 1.96. The van der Waals surface area contributed by atoms with E-state index in [1.807, 2.05) is 13.8 Å². The third-order valence-corrected chi connectivity index (χ3v) is 4.05. The summed E-state index contributed by atoms with van der Waals surface area (Å²) in [6, 6.07) is 3.22. The minimum absolute atomic E-state index is 0.0378. The molecule has 21 heavy (non-hydrogen) atoms. The molecule has 6 heteroatoms. The Kier molecular flexibility index (Phi) is 6.98. The summed E-state index contributed by atoms with van der Waals surface area (Å²) in [5.74, 6) is 1.08. The number of benzene rings is 1. The molecule has 0 heterocycles. The average Bonchev–Trinajstić information content (AvgIpc) is 2.46. The van der Waals surface area contributed by atoms with Crippen molar-refractivity contribution in [2.45, 2.75) is 26.3 Å². The van der Waals surface area contributed by atoms with Crippen molar-refractivity contribution in [2.75, 3.05) is 20.8 Å². The molecule has 0 aliphatic heterocycles. The summed E-state index contributed by atoms with van der Waals surface area (Å²) >= 11 is 3.37. The maximum Gasteiger partial charge on any atom is 0.251 e. The van der Waals surface area contributed by atoms with E-state index in [9.17, 15) is 4.79 Å². The molecule has 2 N–H and O–H groups in total. The third kappa shape index (κ3) is 4.61. The number of aliphatic hydroxyl groups is 1. The van der Waals surface area contributed by atoms with Gasteiger partial charge in [0.05, 0.1) is 14.2 Å². The van der Waals surface area contributed by atoms with Crippen LogP contribution in [0.3, 0.4) is 0 Å². The standard InChI is InChI=1S/C15H22BrNO4/c1-9(2)11(5-6-18)17-15(19)10-7-12(20-3)14(16)13(8-10)21-4/h7-9,11,18H,5-6H2,1-4H3,(H,17,19). The Morgan fingerprint density at radius 2 is 1.81 bits per heavy atom. The van der Waals surface area contributed by atoms with Gasteiger partial charge in [-0.2, -0.15) is 0 Å². The molecule has 0 saturated carbocycles. The van der Waals surface area contributed by atoms with E-state index < -0.39 is 0 Å². The molecular weight excluding hydrogens is 338 g/mol. The Morgan fingerprint density at radius 3 is 2.19 bits per heavy atom. The van der Waals surface area contributed by atoms with Gasteiger partial charge in [-0.3, -0.25) is 4.79 Å². The highest BCUT2D eigenvalue weighted by molar-refractivity contribution is 9.10. The summed E-state index contributed by atoms with van der Waals surface area (Å²) < 4.78 is 11.1. The second-order valence-electron chi connectivity index (χ2n) is 5.03. The zero-order chi connectivity index (χ0) is 16.0. The number of hydrogen-bond donors (Lipinski definition) is 2. The van der Waals surface area contributed by atoms with E-state index in [1.54, 1.807) is 12.1 Å². The number of rotatable bonds is 7. The van der Waals surface area contributed by atoms with Crippen LogP contribution in [0.1, 0.15) is 30.6 Å². The lowest BCUT2D eigenvalue weighted by Gasteiger charge is -2.22. The maximum atomic E-state index is 12.4. The van der Waals surface area contributed by atoms with Crippen LogP contribution < -0.4 is 14.8 Å². The monoisotopic (exact) mass is 359 g/mol. The van der Waals surface area contributed by atoms with Gasteiger partial charge in [0.2, 0.25) is 0 Å². The van der Waals surface area contributed by atoms with Gasteiger partial charge in [0, 0.05) is 18.2 Å². The van der Waals surface area contributed by atoms with Gasteiger partial charge >= 0.3 is 0 Å². The van der Waals surface area contributed by atoms with E-state index >= 15 is 0 Å². The number of nitrogens with one attached hydrogen (secondary N) is 1. The van der Waals surface area contributed by atoms with Crippen LogP contribution in [-0.2, 0) is 0 Å². The predicted octanol–water partition coefficient (Wildman–Crippen LogP) is 2.60. The highest BCUT2D eigenvalue weighted by Crippen LogP contribution is 2.35. The Labute approximate surface area is 133 Å². The Morgan fingerprint density at radius 1 is 1.29 bits per heavy atom. The normalized spacial score (nSPS) is 12.1. The van der Waals surface area contributed by atoms with Crippen molar-refractivity contribution >= 4 is 21.8 Å². The molecule has 0 aliphatic carbocycles. The molecule has 0 saturated heterocycles. The van der Waals surface area contributed by atoms with Gasteiger partial charge in [0.15, 0.2) is 0 Å². The minimum Gasteiger partial charge on any atom is -0.495 e. The number of ether oxygens (including phenoxy) is 2. The predicted molar refractivity (Wildman–Crippen MR) is 85.0 cm³/mol. The summed E-state index contributed by atoms with van der Waals surface area (Å²) in [4.78, 5) is 12.4. The molecule has 1 atom stereocenters. The number of carbonyl (C=O) groups is 1. The Hall–Kier alpha value is -1.27. The van der Waals surface area contributed by atoms with Crippen molar-refractivity contribution in [3.05, 3.63) is 22.2 Å². The molecular formula is C15H22BrNO4. The molecule has 1 rings (SSSR count). The molecule has 118 valence electrons. The van der Waals surface area contributed by atoms with E-state index in [2.05, 4.69) is 21.2 Å². The summed E-state index contributed by atoms with van der Waals surface area (Å²) in [5.41, 5.74) is 0.454. The summed E-state index contributed by atoms with van der Waals surface area (Å²) in [7, 11) is 3.06. The third-order valence-electron chi connectivity index (χ3n) is 3.27. The van der Waals surface area contributed by atoms with Crippen molar-refractivity contribution in [3.63, 3.8) is 0 Å². The van der Waals surface area contributed by atoms with Crippen molar-refractivity contribution in [1.82, 2.24) is 5.32 Å². The van der Waals surface area contributed by atoms with Gasteiger partial charge in [0.1, 0.15) is 16.0 Å². The summed E-state index contributed by atoms with van der Waals surface area (Å²) in [6.07, 6.45) is 0.522. The average molecular weight is 360 g/mol. The van der Waals surface area contributed by atoms with Crippen LogP contribution in [-0.4, -0.2) is 37.9 Å². The Balaban J connectivity index is 3.01. The van der Waals surface area contributed by atoms with Gasteiger partial charge in [-0.05, 0) is 40.4 Å². The molecule has 1 aromatic rings. The van der Waals surface area contributed by atoms with E-state index in [1.165, 1.54) is 14.2 Å². The van der Waals surface area contributed by atoms with Crippen molar-refractivity contribution in [1.29, 1.82) is 0 Å². The van der Waals surface area contributed by atoms with Crippen LogP contribution in [0.5, 0.6) is 11.5 Å². The topological polar surface area (TPSA) is 67.8 Å². The van der Waals surface area contributed by atoms with Crippen molar-refractivity contribution < 1.29 is 19.4 Å². The number of amides is 1. The number of aliphatic hydroxyl groups excluding tert-OH is 1. The molecule has 1 amide bonds. The summed E-state index contributed by atoms with van der Waals surface area (Å²) in [6.45, 7) is 4.04. The van der Waals surface area contributed by atoms with Gasteiger partial charge in [-0.25, -0.2) is 0 Å². The molecule has 0 bridgehead atoms. The highest BCUT2D eigenvalue weighted by atomic mass is 79.9. The van der Waals surface area contributed by atoms with Crippen LogP contribution >= 0.6 is 15.9 Å². The molecule has 1 unspecified atom stereocenters. The molecule has 0 spiro atoms. The van der Waals surface area contributed by atoms with Gasteiger partial charge < -0.3 is 19.9 Å². The lowest BCUT2D eigenvalue weighted by Crippen LogP contribution is -2.39. The minimum atomic E-state index is -0.216. The van der Waals surface area contributed by atoms with E-state index in [0.717, 1.165) is 0 Å². The number of hydrogen-bond acceptors (Lipinski definition) is 4.